The molecule has 1 atom stereocenters. The average molecular weight is 369 g/mol. The Hall–Kier alpha value is -0.910. The fourth-order valence-electron chi connectivity index (χ4n) is 3.66. The number of hydrogen-bond donors (Lipinski definition) is 1. The van der Waals surface area contributed by atoms with Gasteiger partial charge >= 0.3 is 0 Å². The van der Waals surface area contributed by atoms with Crippen LogP contribution in [0.3, 0.4) is 0 Å². The van der Waals surface area contributed by atoms with Crippen molar-refractivity contribution in [2.45, 2.75) is 19.0 Å². The molecule has 2 aromatic rings. The zero-order valence-electron chi connectivity index (χ0n) is 13.9. The summed E-state index contributed by atoms with van der Waals surface area (Å²) in [6.07, 6.45) is 1.31. The smallest absolute Gasteiger partial charge is 0.0705 e. The van der Waals surface area contributed by atoms with E-state index in [4.69, 9.17) is 4.98 Å². The Kier molecular flexibility index (Phi) is 7.26. The topological polar surface area (TPSA) is 31.4 Å². The van der Waals surface area contributed by atoms with Gasteiger partial charge in [-0.25, -0.2) is 0 Å². The number of rotatable bonds is 3. The van der Waals surface area contributed by atoms with Gasteiger partial charge < -0.3 is 5.32 Å². The first-order valence-corrected chi connectivity index (χ1v) is 8.40. The number of halogens is 2. The van der Waals surface area contributed by atoms with Gasteiger partial charge in [0.1, 0.15) is 0 Å². The Balaban J connectivity index is 0.00000104. The van der Waals surface area contributed by atoms with Crippen molar-refractivity contribution in [2.24, 2.45) is 0 Å². The Morgan fingerprint density at radius 2 is 1.79 bits per heavy atom. The number of hydrogen-bond acceptors (Lipinski definition) is 4. The molecule has 4 rings (SSSR count). The quantitative estimate of drug-likeness (QED) is 0.901. The van der Waals surface area contributed by atoms with Gasteiger partial charge in [-0.15, -0.1) is 24.8 Å². The van der Waals surface area contributed by atoms with Crippen molar-refractivity contribution in [3.8, 4) is 0 Å². The molecule has 0 spiro atoms. The fourth-order valence-corrected chi connectivity index (χ4v) is 3.66. The first kappa shape index (κ1) is 19.4. The van der Waals surface area contributed by atoms with Gasteiger partial charge in [-0.2, -0.15) is 0 Å². The number of nitrogens with one attached hydrogen (secondary N) is 1. The van der Waals surface area contributed by atoms with Crippen LogP contribution >= 0.6 is 24.8 Å². The molecule has 0 saturated carbocycles. The summed E-state index contributed by atoms with van der Waals surface area (Å²) in [5.74, 6) is 0. The molecule has 0 aliphatic carbocycles. The number of pyridine rings is 1. The Morgan fingerprint density at radius 3 is 2.54 bits per heavy atom. The van der Waals surface area contributed by atoms with E-state index in [1.807, 2.05) is 0 Å². The average Bonchev–Trinajstić information content (AvgIpc) is 3.10. The van der Waals surface area contributed by atoms with E-state index in [1.165, 1.54) is 43.7 Å². The van der Waals surface area contributed by atoms with Crippen LogP contribution < -0.4 is 5.32 Å². The van der Waals surface area contributed by atoms with Crippen molar-refractivity contribution in [3.05, 3.63) is 42.1 Å². The molecule has 1 aromatic heterocycles. The van der Waals surface area contributed by atoms with Gasteiger partial charge in [-0.05, 0) is 25.1 Å². The van der Waals surface area contributed by atoms with Crippen LogP contribution in [-0.4, -0.2) is 60.1 Å². The molecule has 1 aromatic carbocycles. The van der Waals surface area contributed by atoms with E-state index in [9.17, 15) is 0 Å². The number of piperazine rings is 1. The highest BCUT2D eigenvalue weighted by atomic mass is 35.5. The Labute approximate surface area is 156 Å². The monoisotopic (exact) mass is 368 g/mol. The van der Waals surface area contributed by atoms with Crippen molar-refractivity contribution in [3.63, 3.8) is 0 Å². The predicted molar refractivity (Wildman–Crippen MR) is 104 cm³/mol. The third kappa shape index (κ3) is 4.38. The number of benzene rings is 1. The minimum absolute atomic E-state index is 0. The minimum Gasteiger partial charge on any atom is -0.315 e. The zero-order chi connectivity index (χ0) is 14.8. The molecule has 24 heavy (non-hydrogen) atoms. The summed E-state index contributed by atoms with van der Waals surface area (Å²) in [5, 5.41) is 4.70. The van der Waals surface area contributed by atoms with Crippen LogP contribution in [0.15, 0.2) is 36.4 Å². The lowest BCUT2D eigenvalue weighted by Crippen LogP contribution is -2.50. The molecule has 1 unspecified atom stereocenters. The summed E-state index contributed by atoms with van der Waals surface area (Å²) in [6, 6.07) is 13.5. The molecule has 6 heteroatoms. The Bertz CT molecular complexity index is 638. The van der Waals surface area contributed by atoms with Gasteiger partial charge in [0.25, 0.3) is 0 Å². The third-order valence-corrected chi connectivity index (χ3v) is 5.00. The van der Waals surface area contributed by atoms with Crippen LogP contribution in [0.5, 0.6) is 0 Å². The van der Waals surface area contributed by atoms with Crippen LogP contribution in [0.2, 0.25) is 0 Å². The van der Waals surface area contributed by atoms with Gasteiger partial charge in [0.05, 0.1) is 11.2 Å². The van der Waals surface area contributed by atoms with Crippen LogP contribution in [-0.2, 0) is 6.54 Å². The van der Waals surface area contributed by atoms with Crippen LogP contribution in [0.25, 0.3) is 10.9 Å². The van der Waals surface area contributed by atoms with Crippen molar-refractivity contribution >= 4 is 35.7 Å². The summed E-state index contributed by atoms with van der Waals surface area (Å²) in [7, 11) is 0. The van der Waals surface area contributed by atoms with Gasteiger partial charge in [0.2, 0.25) is 0 Å². The molecule has 132 valence electrons. The molecule has 0 amide bonds. The second-order valence-corrected chi connectivity index (χ2v) is 6.45. The molecule has 3 heterocycles. The molecule has 2 aliphatic rings. The van der Waals surface area contributed by atoms with E-state index in [-0.39, 0.29) is 24.8 Å². The number of aromatic nitrogens is 1. The molecule has 1 N–H and O–H groups in total. The summed E-state index contributed by atoms with van der Waals surface area (Å²) in [5.41, 5.74) is 2.30. The standard InChI is InChI=1S/C18H24N4.2ClH/c1-2-4-18-15(3-1)5-6-16(20-18)14-21-9-11-22(12-10-21)17-7-8-19-13-17;;/h1-6,17,19H,7-14H2;2*1H. The lowest BCUT2D eigenvalue weighted by molar-refractivity contribution is 0.0974. The van der Waals surface area contributed by atoms with Crippen molar-refractivity contribution in [1.29, 1.82) is 0 Å². The van der Waals surface area contributed by atoms with E-state index < -0.39 is 0 Å². The van der Waals surface area contributed by atoms with Gasteiger partial charge in [0.15, 0.2) is 0 Å². The number of para-hydroxylation sites is 1. The van der Waals surface area contributed by atoms with Crippen LogP contribution in [0.4, 0.5) is 0 Å². The van der Waals surface area contributed by atoms with E-state index in [0.29, 0.717) is 0 Å². The maximum atomic E-state index is 4.80. The first-order valence-electron chi connectivity index (χ1n) is 8.40. The minimum atomic E-state index is 0. The SMILES string of the molecule is Cl.Cl.c1ccc2nc(CN3CCN(C4CCNC4)CC3)ccc2c1. The largest absolute Gasteiger partial charge is 0.315 e. The highest BCUT2D eigenvalue weighted by Gasteiger charge is 2.25. The second-order valence-electron chi connectivity index (χ2n) is 6.45. The summed E-state index contributed by atoms with van der Waals surface area (Å²) in [6.45, 7) is 8.04. The van der Waals surface area contributed by atoms with Crippen LogP contribution in [0, 0.1) is 0 Å². The molecule has 2 saturated heterocycles. The van der Waals surface area contributed by atoms with E-state index >= 15 is 0 Å². The third-order valence-electron chi connectivity index (χ3n) is 5.00. The number of nitrogens with zero attached hydrogens (tertiary/aromatic N) is 3. The summed E-state index contributed by atoms with van der Waals surface area (Å²) in [4.78, 5) is 10.00. The maximum absolute atomic E-state index is 4.80. The van der Waals surface area contributed by atoms with Crippen molar-refractivity contribution in [1.82, 2.24) is 20.1 Å². The zero-order valence-corrected chi connectivity index (χ0v) is 15.5. The molecule has 2 fully saturated rings. The summed E-state index contributed by atoms with van der Waals surface area (Å²) < 4.78 is 0. The molecule has 2 aliphatic heterocycles. The van der Waals surface area contributed by atoms with E-state index in [1.54, 1.807) is 0 Å². The predicted octanol–water partition coefficient (Wildman–Crippen LogP) is 2.56. The molecular weight excluding hydrogens is 343 g/mol. The lowest BCUT2D eigenvalue weighted by Gasteiger charge is -2.37. The van der Waals surface area contributed by atoms with Gasteiger partial charge in [-0.1, -0.05) is 24.3 Å². The molecule has 0 radical (unpaired) electrons. The normalized spacial score (nSPS) is 22.1. The number of fused-ring (bicyclic) bond motifs is 1. The van der Waals surface area contributed by atoms with Crippen LogP contribution in [0.1, 0.15) is 12.1 Å². The summed E-state index contributed by atoms with van der Waals surface area (Å²) >= 11 is 0. The molecule has 0 bridgehead atoms. The van der Waals surface area contributed by atoms with Crippen molar-refractivity contribution < 1.29 is 0 Å². The molecule has 4 nitrogen and oxygen atoms in total. The second kappa shape index (κ2) is 8.97. The van der Waals surface area contributed by atoms with E-state index in [2.05, 4.69) is 51.5 Å². The highest BCUT2D eigenvalue weighted by Crippen LogP contribution is 2.16. The maximum Gasteiger partial charge on any atom is 0.0705 e. The lowest BCUT2D eigenvalue weighted by atomic mass is 10.1. The first-order chi connectivity index (χ1) is 10.9. The highest BCUT2D eigenvalue weighted by molar-refractivity contribution is 5.85. The Morgan fingerprint density at radius 1 is 1.00 bits per heavy atom. The van der Waals surface area contributed by atoms with Crippen molar-refractivity contribution in [2.75, 3.05) is 39.3 Å². The van der Waals surface area contributed by atoms with Gasteiger partial charge in [-0.3, -0.25) is 14.8 Å². The fraction of sp³-hybridized carbons (Fsp3) is 0.500. The van der Waals surface area contributed by atoms with Gasteiger partial charge in [0, 0.05) is 50.7 Å². The molecular formula is C18H26Cl2N4. The van der Waals surface area contributed by atoms with E-state index in [0.717, 1.165) is 31.2 Å².